The highest BCUT2D eigenvalue weighted by Gasteiger charge is 1.84. The van der Waals surface area contributed by atoms with E-state index >= 15 is 0 Å². The lowest BCUT2D eigenvalue weighted by molar-refractivity contribution is 1.12. The van der Waals surface area contributed by atoms with Crippen LogP contribution in [0.25, 0.3) is 0 Å². The second kappa shape index (κ2) is 6.65. The first-order chi connectivity index (χ1) is 5.70. The summed E-state index contributed by atoms with van der Waals surface area (Å²) in [7, 11) is 1.75. The molecule has 0 bridgehead atoms. The van der Waals surface area contributed by atoms with Crippen LogP contribution < -0.4 is 5.32 Å². The molecular formula is C10H18N2. The number of nitrogens with one attached hydrogen (secondary N) is 1. The fraction of sp³-hybridized carbons (Fsp3) is 0.500. The van der Waals surface area contributed by atoms with Gasteiger partial charge in [-0.3, -0.25) is 4.99 Å². The normalized spacial score (nSPS) is 14.0. The van der Waals surface area contributed by atoms with Crippen LogP contribution in [0.3, 0.4) is 0 Å². The third-order valence-corrected chi connectivity index (χ3v) is 1.39. The van der Waals surface area contributed by atoms with Gasteiger partial charge in [0.25, 0.3) is 0 Å². The molecule has 12 heavy (non-hydrogen) atoms. The van der Waals surface area contributed by atoms with Gasteiger partial charge >= 0.3 is 0 Å². The van der Waals surface area contributed by atoms with Crippen molar-refractivity contribution in [1.82, 2.24) is 5.32 Å². The van der Waals surface area contributed by atoms with Crippen LogP contribution in [-0.4, -0.2) is 13.4 Å². The number of rotatable bonds is 4. The number of hydrogen-bond donors (Lipinski definition) is 1. The van der Waals surface area contributed by atoms with Crippen LogP contribution in [0.15, 0.2) is 28.4 Å². The summed E-state index contributed by atoms with van der Waals surface area (Å²) in [6.45, 7) is 6.25. The fourth-order valence-corrected chi connectivity index (χ4v) is 0.930. The first-order valence-electron chi connectivity index (χ1n) is 4.23. The zero-order chi connectivity index (χ0) is 9.40. The molecule has 0 heterocycles. The molecule has 0 aliphatic rings. The van der Waals surface area contributed by atoms with Gasteiger partial charge in [-0.05, 0) is 26.3 Å². The Labute approximate surface area is 75.1 Å². The molecule has 0 aromatic heterocycles. The molecule has 0 aliphatic carbocycles. The minimum Gasteiger partial charge on any atom is -0.350 e. The predicted octanol–water partition coefficient (Wildman–Crippen LogP) is 2.49. The summed E-state index contributed by atoms with van der Waals surface area (Å²) in [5.41, 5.74) is 2.40. The Morgan fingerprint density at radius 3 is 2.58 bits per heavy atom. The van der Waals surface area contributed by atoms with E-state index < -0.39 is 0 Å². The van der Waals surface area contributed by atoms with Crippen molar-refractivity contribution in [3.05, 3.63) is 23.4 Å². The van der Waals surface area contributed by atoms with Crippen molar-refractivity contribution in [2.24, 2.45) is 4.99 Å². The molecule has 0 rings (SSSR count). The molecule has 0 radical (unpaired) electrons. The Bertz CT molecular complexity index is 200. The van der Waals surface area contributed by atoms with E-state index in [0.29, 0.717) is 0 Å². The van der Waals surface area contributed by atoms with Crippen LogP contribution in [0.4, 0.5) is 0 Å². The molecule has 0 aromatic carbocycles. The molecule has 0 saturated heterocycles. The van der Waals surface area contributed by atoms with Crippen molar-refractivity contribution < 1.29 is 0 Å². The summed E-state index contributed by atoms with van der Waals surface area (Å²) in [6, 6.07) is 0. The maximum absolute atomic E-state index is 3.83. The molecule has 2 heteroatoms. The lowest BCUT2D eigenvalue weighted by Crippen LogP contribution is -2.07. The molecule has 0 unspecified atom stereocenters. The van der Waals surface area contributed by atoms with E-state index in [2.05, 4.69) is 36.3 Å². The predicted molar refractivity (Wildman–Crippen MR) is 55.4 cm³/mol. The molecule has 0 amide bonds. The van der Waals surface area contributed by atoms with Crippen LogP contribution in [0.1, 0.15) is 27.2 Å². The van der Waals surface area contributed by atoms with Gasteiger partial charge in [0, 0.05) is 12.7 Å². The van der Waals surface area contributed by atoms with Gasteiger partial charge in [0.2, 0.25) is 0 Å². The van der Waals surface area contributed by atoms with Crippen LogP contribution in [0.2, 0.25) is 0 Å². The molecule has 1 N–H and O–H groups in total. The van der Waals surface area contributed by atoms with Crippen molar-refractivity contribution in [3.63, 3.8) is 0 Å². The van der Waals surface area contributed by atoms with Crippen LogP contribution >= 0.6 is 0 Å². The smallest absolute Gasteiger partial charge is 0.0861 e. The van der Waals surface area contributed by atoms with Gasteiger partial charge in [-0.15, -0.1) is 0 Å². The molecule has 0 aliphatic heterocycles. The number of aliphatic imine (C=N–C) groups is 1. The average molecular weight is 166 g/mol. The van der Waals surface area contributed by atoms with Gasteiger partial charge in [-0.25, -0.2) is 0 Å². The number of nitrogens with zero attached hydrogens (tertiary/aromatic N) is 1. The summed E-state index contributed by atoms with van der Waals surface area (Å²) in [5, 5.41) is 3.05. The van der Waals surface area contributed by atoms with Crippen molar-refractivity contribution in [2.45, 2.75) is 27.2 Å². The Balaban J connectivity index is 4.06. The summed E-state index contributed by atoms with van der Waals surface area (Å²) in [5.74, 6) is 0. The molecule has 0 aromatic rings. The van der Waals surface area contributed by atoms with Gasteiger partial charge in [0.1, 0.15) is 0 Å². The minimum atomic E-state index is 1.08. The third kappa shape index (κ3) is 5.71. The second-order valence-corrected chi connectivity index (χ2v) is 2.72. The number of allylic oxidation sites excluding steroid dienone is 4. The Morgan fingerprint density at radius 1 is 1.42 bits per heavy atom. The molecule has 0 saturated carbocycles. The van der Waals surface area contributed by atoms with Crippen LogP contribution in [0, 0.1) is 0 Å². The van der Waals surface area contributed by atoms with E-state index in [4.69, 9.17) is 0 Å². The van der Waals surface area contributed by atoms with E-state index in [-0.39, 0.29) is 0 Å². The Morgan fingerprint density at radius 2 is 2.08 bits per heavy atom. The van der Waals surface area contributed by atoms with Gasteiger partial charge in [-0.1, -0.05) is 18.6 Å². The van der Waals surface area contributed by atoms with Crippen LogP contribution in [0.5, 0.6) is 0 Å². The first-order valence-corrected chi connectivity index (χ1v) is 4.23. The number of hydrogen-bond acceptors (Lipinski definition) is 1. The average Bonchev–Trinajstić information content (AvgIpc) is 2.01. The van der Waals surface area contributed by atoms with Crippen LogP contribution in [-0.2, 0) is 0 Å². The maximum atomic E-state index is 3.83. The molecule has 0 fully saturated rings. The van der Waals surface area contributed by atoms with Crippen molar-refractivity contribution in [2.75, 3.05) is 7.05 Å². The van der Waals surface area contributed by atoms with Gasteiger partial charge in [0.05, 0.1) is 6.34 Å². The van der Waals surface area contributed by atoms with Gasteiger partial charge in [-0.2, -0.15) is 0 Å². The fourth-order valence-electron chi connectivity index (χ4n) is 0.930. The third-order valence-electron chi connectivity index (χ3n) is 1.39. The minimum absolute atomic E-state index is 1.08. The SMILES string of the molecule is CC/C=C(C)/C=C(/C)N/C=N/C. The van der Waals surface area contributed by atoms with E-state index in [0.717, 1.165) is 12.1 Å². The zero-order valence-electron chi connectivity index (χ0n) is 8.39. The summed E-state index contributed by atoms with van der Waals surface area (Å²) < 4.78 is 0. The summed E-state index contributed by atoms with van der Waals surface area (Å²) in [6.07, 6.45) is 7.06. The summed E-state index contributed by atoms with van der Waals surface area (Å²) >= 11 is 0. The molecular weight excluding hydrogens is 148 g/mol. The van der Waals surface area contributed by atoms with Gasteiger partial charge < -0.3 is 5.32 Å². The summed E-state index contributed by atoms with van der Waals surface area (Å²) in [4.78, 5) is 3.83. The zero-order valence-corrected chi connectivity index (χ0v) is 8.39. The highest BCUT2D eigenvalue weighted by atomic mass is 14.9. The largest absolute Gasteiger partial charge is 0.350 e. The van der Waals surface area contributed by atoms with Crippen molar-refractivity contribution in [1.29, 1.82) is 0 Å². The van der Waals surface area contributed by atoms with E-state index in [9.17, 15) is 0 Å². The quantitative estimate of drug-likeness (QED) is 0.387. The van der Waals surface area contributed by atoms with E-state index in [1.165, 1.54) is 5.57 Å². The lowest BCUT2D eigenvalue weighted by Gasteiger charge is -1.99. The molecule has 0 spiro atoms. The first kappa shape index (κ1) is 11.0. The monoisotopic (exact) mass is 166 g/mol. The maximum Gasteiger partial charge on any atom is 0.0861 e. The molecule has 68 valence electrons. The van der Waals surface area contributed by atoms with Crippen molar-refractivity contribution in [3.8, 4) is 0 Å². The van der Waals surface area contributed by atoms with E-state index in [1.54, 1.807) is 13.4 Å². The van der Waals surface area contributed by atoms with Gasteiger partial charge in [0.15, 0.2) is 0 Å². The van der Waals surface area contributed by atoms with Crippen molar-refractivity contribution >= 4 is 6.34 Å². The Kier molecular flexibility index (Phi) is 6.07. The molecule has 0 atom stereocenters. The standard InChI is InChI=1S/C10H18N2/c1-5-6-9(2)7-10(3)12-8-11-4/h6-8H,5H2,1-4H3,(H,11,12)/b9-6+,10-7-. The topological polar surface area (TPSA) is 24.4 Å². The highest BCUT2D eigenvalue weighted by molar-refractivity contribution is 5.57. The van der Waals surface area contributed by atoms with E-state index in [1.807, 2.05) is 6.92 Å². The lowest BCUT2D eigenvalue weighted by atomic mass is 10.2. The Hall–Kier alpha value is -1.05. The second-order valence-electron chi connectivity index (χ2n) is 2.72. The molecule has 2 nitrogen and oxygen atoms in total. The highest BCUT2D eigenvalue weighted by Crippen LogP contribution is 1.99.